The van der Waals surface area contributed by atoms with Crippen molar-refractivity contribution in [2.75, 3.05) is 19.0 Å². The second-order valence-electron chi connectivity index (χ2n) is 7.31. The SMILES string of the molecule is COc1cc(C=Nc2cccc(C)c2C)cc(Br)c1OCC(=O)Nc1ccc(C)c(Cl)c1. The zero-order valence-electron chi connectivity index (χ0n) is 18.3. The molecular weight excluding hydrogens is 492 g/mol. The molecule has 0 saturated heterocycles. The van der Waals surface area contributed by atoms with Gasteiger partial charge in [-0.1, -0.05) is 29.8 Å². The summed E-state index contributed by atoms with van der Waals surface area (Å²) in [7, 11) is 1.55. The molecule has 3 aromatic rings. The van der Waals surface area contributed by atoms with Crippen LogP contribution in [0.25, 0.3) is 0 Å². The van der Waals surface area contributed by atoms with E-state index in [1.807, 2.05) is 44.2 Å². The zero-order valence-corrected chi connectivity index (χ0v) is 20.7. The van der Waals surface area contributed by atoms with Gasteiger partial charge in [0.25, 0.3) is 5.91 Å². The van der Waals surface area contributed by atoms with Gasteiger partial charge >= 0.3 is 0 Å². The number of hydrogen-bond acceptors (Lipinski definition) is 4. The van der Waals surface area contributed by atoms with E-state index in [2.05, 4.69) is 39.2 Å². The summed E-state index contributed by atoms with van der Waals surface area (Å²) in [5.41, 5.74) is 5.62. The molecular formula is C25H24BrClN2O3. The molecule has 0 aliphatic heterocycles. The Morgan fingerprint density at radius 3 is 2.62 bits per heavy atom. The summed E-state index contributed by atoms with van der Waals surface area (Å²) in [6.07, 6.45) is 1.77. The largest absolute Gasteiger partial charge is 0.493 e. The highest BCUT2D eigenvalue weighted by molar-refractivity contribution is 9.10. The van der Waals surface area contributed by atoms with Crippen molar-refractivity contribution >= 4 is 51.0 Å². The predicted octanol–water partition coefficient (Wildman–Crippen LogP) is 6.80. The number of methoxy groups -OCH3 is 1. The maximum atomic E-state index is 12.3. The third kappa shape index (κ3) is 5.90. The average molecular weight is 516 g/mol. The second-order valence-corrected chi connectivity index (χ2v) is 8.57. The Kier molecular flexibility index (Phi) is 7.94. The number of anilines is 1. The molecule has 0 aliphatic rings. The van der Waals surface area contributed by atoms with Crippen molar-refractivity contribution in [3.63, 3.8) is 0 Å². The Balaban J connectivity index is 1.72. The van der Waals surface area contributed by atoms with Crippen LogP contribution in [0.1, 0.15) is 22.3 Å². The van der Waals surface area contributed by atoms with Crippen LogP contribution in [0.5, 0.6) is 11.5 Å². The normalized spacial score (nSPS) is 10.9. The van der Waals surface area contributed by atoms with Gasteiger partial charge in [-0.15, -0.1) is 0 Å². The molecule has 1 N–H and O–H groups in total. The molecule has 0 heterocycles. The van der Waals surface area contributed by atoms with E-state index in [0.717, 1.165) is 22.4 Å². The average Bonchev–Trinajstić information content (AvgIpc) is 2.76. The molecule has 0 spiro atoms. The van der Waals surface area contributed by atoms with Crippen LogP contribution in [0.4, 0.5) is 11.4 Å². The minimum atomic E-state index is -0.306. The Bertz CT molecular complexity index is 1180. The van der Waals surface area contributed by atoms with Gasteiger partial charge in [0.1, 0.15) is 0 Å². The number of nitrogens with one attached hydrogen (secondary N) is 1. The molecule has 0 bridgehead atoms. The first kappa shape index (κ1) is 23.8. The molecule has 3 aromatic carbocycles. The molecule has 7 heteroatoms. The lowest BCUT2D eigenvalue weighted by Crippen LogP contribution is -2.20. The highest BCUT2D eigenvalue weighted by Gasteiger charge is 2.14. The number of carbonyl (C=O) groups excluding carboxylic acids is 1. The highest BCUT2D eigenvalue weighted by Crippen LogP contribution is 2.36. The molecule has 1 amide bonds. The molecule has 0 saturated carbocycles. The van der Waals surface area contributed by atoms with Crippen molar-refractivity contribution in [2.45, 2.75) is 20.8 Å². The molecule has 0 unspecified atom stereocenters. The van der Waals surface area contributed by atoms with Gasteiger partial charge in [-0.2, -0.15) is 0 Å². The van der Waals surface area contributed by atoms with Crippen LogP contribution < -0.4 is 14.8 Å². The van der Waals surface area contributed by atoms with Gasteiger partial charge in [0, 0.05) is 16.9 Å². The van der Waals surface area contributed by atoms with Crippen LogP contribution in [-0.2, 0) is 4.79 Å². The van der Waals surface area contributed by atoms with Gasteiger partial charge in [-0.25, -0.2) is 0 Å². The minimum absolute atomic E-state index is 0.184. The lowest BCUT2D eigenvalue weighted by atomic mass is 10.1. The maximum absolute atomic E-state index is 12.3. The summed E-state index contributed by atoms with van der Waals surface area (Å²) in [4.78, 5) is 16.9. The van der Waals surface area contributed by atoms with E-state index in [-0.39, 0.29) is 12.5 Å². The number of ether oxygens (including phenoxy) is 2. The Morgan fingerprint density at radius 1 is 1.12 bits per heavy atom. The van der Waals surface area contributed by atoms with E-state index in [9.17, 15) is 4.79 Å². The number of benzene rings is 3. The van der Waals surface area contributed by atoms with Crippen molar-refractivity contribution < 1.29 is 14.3 Å². The summed E-state index contributed by atoms with van der Waals surface area (Å²) >= 11 is 9.62. The topological polar surface area (TPSA) is 59.9 Å². The van der Waals surface area contributed by atoms with Crippen molar-refractivity contribution in [2.24, 2.45) is 4.99 Å². The zero-order chi connectivity index (χ0) is 23.3. The number of hydrogen-bond donors (Lipinski definition) is 1. The standard InChI is InChI=1S/C25H24BrClN2O3/c1-15-6-5-7-22(17(15)3)28-13-18-10-20(26)25(23(11-18)31-4)32-14-24(30)29-19-9-8-16(2)21(27)12-19/h5-13H,14H2,1-4H3,(H,29,30). The van der Waals surface area contributed by atoms with Crippen molar-refractivity contribution in [3.05, 3.63) is 80.3 Å². The van der Waals surface area contributed by atoms with Crippen LogP contribution in [-0.4, -0.2) is 25.8 Å². The maximum Gasteiger partial charge on any atom is 0.262 e. The summed E-state index contributed by atoms with van der Waals surface area (Å²) < 4.78 is 11.9. The number of carbonyl (C=O) groups is 1. The first-order valence-corrected chi connectivity index (χ1v) is 11.1. The highest BCUT2D eigenvalue weighted by atomic mass is 79.9. The fourth-order valence-corrected chi connectivity index (χ4v) is 3.73. The first-order valence-electron chi connectivity index (χ1n) is 9.95. The fourth-order valence-electron chi connectivity index (χ4n) is 2.98. The van der Waals surface area contributed by atoms with E-state index in [1.54, 1.807) is 25.5 Å². The van der Waals surface area contributed by atoms with E-state index < -0.39 is 0 Å². The van der Waals surface area contributed by atoms with Crippen molar-refractivity contribution in [3.8, 4) is 11.5 Å². The lowest BCUT2D eigenvalue weighted by molar-refractivity contribution is -0.118. The molecule has 0 radical (unpaired) electrons. The van der Waals surface area contributed by atoms with Gasteiger partial charge in [0.15, 0.2) is 18.1 Å². The summed E-state index contributed by atoms with van der Waals surface area (Å²) in [5.74, 6) is 0.626. The molecule has 0 fully saturated rings. The monoisotopic (exact) mass is 514 g/mol. The lowest BCUT2D eigenvalue weighted by Gasteiger charge is -2.14. The van der Waals surface area contributed by atoms with Crippen LogP contribution in [0.15, 0.2) is 58.0 Å². The van der Waals surface area contributed by atoms with E-state index in [4.69, 9.17) is 21.1 Å². The number of halogens is 2. The third-order valence-corrected chi connectivity index (χ3v) is 5.98. The number of aryl methyl sites for hydroxylation is 2. The fraction of sp³-hybridized carbons (Fsp3) is 0.200. The molecule has 0 aliphatic carbocycles. The molecule has 0 atom stereocenters. The molecule has 0 aromatic heterocycles. The Morgan fingerprint density at radius 2 is 1.91 bits per heavy atom. The van der Waals surface area contributed by atoms with Crippen LogP contribution in [0.2, 0.25) is 5.02 Å². The van der Waals surface area contributed by atoms with Gasteiger partial charge in [0.2, 0.25) is 0 Å². The Labute approximate surface area is 201 Å². The number of nitrogens with zero attached hydrogens (tertiary/aromatic N) is 1. The first-order chi connectivity index (χ1) is 15.3. The van der Waals surface area contributed by atoms with E-state index >= 15 is 0 Å². The summed E-state index contributed by atoms with van der Waals surface area (Å²) in [5, 5.41) is 3.36. The molecule has 5 nitrogen and oxygen atoms in total. The number of aliphatic imine (C=N–C) groups is 1. The third-order valence-electron chi connectivity index (χ3n) is 4.98. The van der Waals surface area contributed by atoms with Gasteiger partial charge in [-0.3, -0.25) is 9.79 Å². The van der Waals surface area contributed by atoms with Gasteiger partial charge in [-0.05, 0) is 89.3 Å². The Hall–Kier alpha value is -2.83. The minimum Gasteiger partial charge on any atom is -0.493 e. The molecule has 3 rings (SSSR count). The summed E-state index contributed by atoms with van der Waals surface area (Å²) in [6, 6.07) is 15.0. The predicted molar refractivity (Wildman–Crippen MR) is 134 cm³/mol. The van der Waals surface area contributed by atoms with E-state index in [1.165, 1.54) is 5.56 Å². The second kappa shape index (κ2) is 10.7. The van der Waals surface area contributed by atoms with Gasteiger partial charge in [0.05, 0.1) is 17.3 Å². The van der Waals surface area contributed by atoms with Crippen LogP contribution in [0, 0.1) is 20.8 Å². The quantitative estimate of drug-likeness (QED) is 0.352. The molecule has 32 heavy (non-hydrogen) atoms. The molecule has 166 valence electrons. The van der Waals surface area contributed by atoms with Gasteiger partial charge < -0.3 is 14.8 Å². The van der Waals surface area contributed by atoms with E-state index in [0.29, 0.717) is 26.7 Å². The number of rotatable bonds is 7. The van der Waals surface area contributed by atoms with Crippen molar-refractivity contribution in [1.29, 1.82) is 0 Å². The van der Waals surface area contributed by atoms with Crippen molar-refractivity contribution in [1.82, 2.24) is 0 Å². The van der Waals surface area contributed by atoms with Crippen LogP contribution in [0.3, 0.4) is 0 Å². The van der Waals surface area contributed by atoms with Crippen LogP contribution >= 0.6 is 27.5 Å². The smallest absolute Gasteiger partial charge is 0.262 e. The number of amides is 1. The summed E-state index contributed by atoms with van der Waals surface area (Å²) in [6.45, 7) is 5.82.